The number of ether oxygens (including phenoxy) is 6. The molecule has 12 N–H and O–H groups in total. The molecule has 0 radical (unpaired) electrons. The van der Waals surface area contributed by atoms with E-state index in [1.165, 1.54) is 122 Å². The molecule has 89 heavy (non-hydrogen) atoms. The topological polar surface area (TPSA) is 307 Å². The van der Waals surface area contributed by atoms with Gasteiger partial charge in [-0.25, -0.2) is 0 Å². The lowest BCUT2D eigenvalue weighted by atomic mass is 9.96. The lowest BCUT2D eigenvalue weighted by Gasteiger charge is -2.48. The Balaban J connectivity index is 1.46. The molecule has 17 atom stereocenters. The maximum Gasteiger partial charge on any atom is 0.220 e. The molecule has 516 valence electrons. The lowest BCUT2D eigenvalue weighted by molar-refractivity contribution is -0.379. The van der Waals surface area contributed by atoms with Crippen LogP contribution in [0.3, 0.4) is 0 Å². The van der Waals surface area contributed by atoms with Crippen LogP contribution in [-0.2, 0) is 33.2 Å². The Hall–Kier alpha value is -2.77. The summed E-state index contributed by atoms with van der Waals surface area (Å²) in [6.07, 6.45) is 37.3. The van der Waals surface area contributed by atoms with Crippen LogP contribution in [0.15, 0.2) is 72.9 Å². The van der Waals surface area contributed by atoms with Crippen molar-refractivity contribution in [2.24, 2.45) is 0 Å². The largest absolute Gasteiger partial charge is 0.394 e. The van der Waals surface area contributed by atoms with Gasteiger partial charge in [-0.1, -0.05) is 228 Å². The number of aliphatic hydroxyl groups is 11. The van der Waals surface area contributed by atoms with E-state index in [2.05, 4.69) is 79.9 Å². The molecule has 0 aliphatic carbocycles. The molecular weight excluding hydrogens is 1140 g/mol. The van der Waals surface area contributed by atoms with Crippen molar-refractivity contribution in [3.05, 3.63) is 72.9 Å². The molecule has 0 aromatic heterocycles. The molecule has 3 aliphatic heterocycles. The molecule has 0 aromatic rings. The predicted molar refractivity (Wildman–Crippen MR) is 346 cm³/mol. The zero-order chi connectivity index (χ0) is 64.7. The van der Waals surface area contributed by atoms with E-state index in [-0.39, 0.29) is 18.9 Å². The van der Waals surface area contributed by atoms with Crippen molar-refractivity contribution in [2.75, 3.05) is 26.4 Å². The fourth-order valence-corrected chi connectivity index (χ4v) is 11.4. The van der Waals surface area contributed by atoms with E-state index in [0.29, 0.717) is 12.8 Å². The Morgan fingerprint density at radius 2 is 0.787 bits per heavy atom. The summed E-state index contributed by atoms with van der Waals surface area (Å²) in [5, 5.41) is 121. The van der Waals surface area contributed by atoms with E-state index in [1.807, 2.05) is 6.08 Å². The summed E-state index contributed by atoms with van der Waals surface area (Å²) >= 11 is 0. The Morgan fingerprint density at radius 1 is 0.416 bits per heavy atom. The second-order valence-electron chi connectivity index (χ2n) is 24.6. The van der Waals surface area contributed by atoms with Gasteiger partial charge < -0.3 is 89.9 Å². The number of amides is 1. The van der Waals surface area contributed by atoms with Crippen LogP contribution in [0, 0.1) is 0 Å². The maximum atomic E-state index is 13.4. The van der Waals surface area contributed by atoms with Crippen molar-refractivity contribution in [1.82, 2.24) is 5.32 Å². The molecule has 3 fully saturated rings. The molecule has 19 heteroatoms. The smallest absolute Gasteiger partial charge is 0.220 e. The first-order valence-electron chi connectivity index (χ1n) is 34.7. The number of carbonyl (C=O) groups is 1. The first kappa shape index (κ1) is 80.5. The third-order valence-corrected chi connectivity index (χ3v) is 17.0. The zero-order valence-electron chi connectivity index (χ0n) is 54.4. The van der Waals surface area contributed by atoms with Crippen LogP contribution in [0.5, 0.6) is 0 Å². The highest BCUT2D eigenvalue weighted by molar-refractivity contribution is 5.76. The summed E-state index contributed by atoms with van der Waals surface area (Å²) in [4.78, 5) is 13.4. The number of rotatable bonds is 52. The molecule has 3 aliphatic rings. The molecule has 0 saturated carbocycles. The summed E-state index contributed by atoms with van der Waals surface area (Å²) in [5.41, 5.74) is 0. The van der Waals surface area contributed by atoms with E-state index < -0.39 is 124 Å². The van der Waals surface area contributed by atoms with Gasteiger partial charge in [0.25, 0.3) is 0 Å². The van der Waals surface area contributed by atoms with Crippen molar-refractivity contribution in [3.8, 4) is 0 Å². The number of unbranched alkanes of at least 4 members (excludes halogenated alkanes) is 26. The van der Waals surface area contributed by atoms with Crippen molar-refractivity contribution >= 4 is 5.91 Å². The van der Waals surface area contributed by atoms with Crippen molar-refractivity contribution in [3.63, 3.8) is 0 Å². The highest BCUT2D eigenvalue weighted by Gasteiger charge is 2.53. The maximum absolute atomic E-state index is 13.4. The quantitative estimate of drug-likeness (QED) is 0.0200. The Kier molecular flexibility index (Phi) is 46.7. The van der Waals surface area contributed by atoms with Gasteiger partial charge >= 0.3 is 0 Å². The number of aliphatic hydroxyl groups excluding tert-OH is 11. The standard InChI is InChI=1S/C70H123NO18/c1-3-5-7-9-11-13-15-17-19-21-23-25-26-28-30-32-34-36-38-40-42-44-46-48-58(76)71-53(54(75)47-45-43-41-39-37-35-33-31-29-27-24-22-20-18-16-14-12-10-8-6-4-2)52-84-68-64(82)61(79)66(56(50-73)86-68)89-70-65(83)62(80)67(57(51-74)87-70)88-69-63(81)60(78)59(77)55(49-72)85-69/h5,7,11,13,17,19,23,25,37,39,45,47,53-57,59-70,72-75,77-83H,3-4,6,8-10,12,14-16,18,20-22,24,26-36,38,40-44,46,48-52H2,1-2H3,(H,71,76)/b7-5-,13-11-,19-17-,25-23-,39-37+,47-45+. The van der Waals surface area contributed by atoms with Crippen LogP contribution in [0.4, 0.5) is 0 Å². The minimum Gasteiger partial charge on any atom is -0.394 e. The highest BCUT2D eigenvalue weighted by Crippen LogP contribution is 2.33. The highest BCUT2D eigenvalue weighted by atomic mass is 16.8. The monoisotopic (exact) mass is 1270 g/mol. The average Bonchev–Trinajstić information content (AvgIpc) is 2.09. The molecule has 3 heterocycles. The average molecular weight is 1270 g/mol. The lowest BCUT2D eigenvalue weighted by Crippen LogP contribution is -2.66. The van der Waals surface area contributed by atoms with Crippen LogP contribution in [-0.4, -0.2) is 193 Å². The van der Waals surface area contributed by atoms with Gasteiger partial charge in [0.2, 0.25) is 5.91 Å². The normalized spacial score (nSPS) is 28.7. The van der Waals surface area contributed by atoms with E-state index in [4.69, 9.17) is 28.4 Å². The van der Waals surface area contributed by atoms with Crippen LogP contribution in [0.1, 0.15) is 232 Å². The van der Waals surface area contributed by atoms with E-state index in [9.17, 15) is 61.0 Å². The summed E-state index contributed by atoms with van der Waals surface area (Å²) in [6, 6.07) is -0.997. The van der Waals surface area contributed by atoms with Gasteiger partial charge in [0.15, 0.2) is 18.9 Å². The summed E-state index contributed by atoms with van der Waals surface area (Å²) in [5.74, 6) is -0.292. The number of allylic oxidation sites excluding steroid dienone is 11. The number of hydrogen-bond donors (Lipinski definition) is 12. The van der Waals surface area contributed by atoms with E-state index in [1.54, 1.807) is 6.08 Å². The third-order valence-electron chi connectivity index (χ3n) is 17.0. The zero-order valence-corrected chi connectivity index (χ0v) is 54.4. The fourth-order valence-electron chi connectivity index (χ4n) is 11.4. The predicted octanol–water partition coefficient (Wildman–Crippen LogP) is 8.94. The van der Waals surface area contributed by atoms with Crippen LogP contribution in [0.25, 0.3) is 0 Å². The van der Waals surface area contributed by atoms with Crippen molar-refractivity contribution < 1.29 is 89.4 Å². The van der Waals surface area contributed by atoms with E-state index in [0.717, 1.165) is 77.0 Å². The van der Waals surface area contributed by atoms with Crippen LogP contribution in [0.2, 0.25) is 0 Å². The minimum absolute atomic E-state index is 0.227. The Labute approximate surface area is 534 Å². The summed E-state index contributed by atoms with van der Waals surface area (Å²) in [7, 11) is 0. The first-order chi connectivity index (χ1) is 43.3. The Morgan fingerprint density at radius 3 is 1.26 bits per heavy atom. The van der Waals surface area contributed by atoms with Gasteiger partial charge in [0.05, 0.1) is 38.6 Å². The van der Waals surface area contributed by atoms with Gasteiger partial charge in [-0.2, -0.15) is 0 Å². The van der Waals surface area contributed by atoms with Gasteiger partial charge in [-0.15, -0.1) is 0 Å². The second kappa shape index (κ2) is 51.6. The molecule has 17 unspecified atom stereocenters. The van der Waals surface area contributed by atoms with Gasteiger partial charge in [-0.05, 0) is 70.6 Å². The number of nitrogens with one attached hydrogen (secondary N) is 1. The molecule has 0 bridgehead atoms. The fraction of sp³-hybridized carbons (Fsp3) is 0.814. The van der Waals surface area contributed by atoms with Gasteiger partial charge in [0.1, 0.15) is 73.2 Å². The molecule has 1 amide bonds. The van der Waals surface area contributed by atoms with Crippen molar-refractivity contribution in [1.29, 1.82) is 0 Å². The molecule has 0 spiro atoms. The molecule has 3 saturated heterocycles. The molecule has 19 nitrogen and oxygen atoms in total. The molecule has 3 rings (SSSR count). The van der Waals surface area contributed by atoms with Crippen LogP contribution < -0.4 is 5.32 Å². The van der Waals surface area contributed by atoms with E-state index >= 15 is 0 Å². The van der Waals surface area contributed by atoms with Gasteiger partial charge in [-0.3, -0.25) is 4.79 Å². The first-order valence-corrected chi connectivity index (χ1v) is 34.7. The third kappa shape index (κ3) is 33.8. The molecule has 0 aromatic carbocycles. The minimum atomic E-state index is -1.98. The second-order valence-corrected chi connectivity index (χ2v) is 24.6. The SMILES string of the molecule is CC/C=C\C/C=C\C/C=C\C/C=C\CCCCCCCCCCCCC(=O)NC(COC1OC(CO)C(OC2OC(CO)C(OC3OC(CO)C(O)C(O)C3O)C(O)C2O)C(O)C1O)C(O)/C=C/CC/C=C/CCCCCCCCCCCCCCCCC. The summed E-state index contributed by atoms with van der Waals surface area (Å²) in [6.45, 7) is 1.60. The number of hydrogen-bond acceptors (Lipinski definition) is 18. The number of carbonyl (C=O) groups excluding carboxylic acids is 1. The summed E-state index contributed by atoms with van der Waals surface area (Å²) < 4.78 is 34.3. The molecular formula is C70H123NO18. The van der Waals surface area contributed by atoms with Crippen molar-refractivity contribution in [2.45, 2.75) is 336 Å². The van der Waals surface area contributed by atoms with Gasteiger partial charge in [0, 0.05) is 6.42 Å². The Bertz CT molecular complexity index is 1900. The van der Waals surface area contributed by atoms with Crippen LogP contribution >= 0.6 is 0 Å².